The zero-order valence-electron chi connectivity index (χ0n) is 11.3. The monoisotopic (exact) mass is 294 g/mol. The van der Waals surface area contributed by atoms with Gasteiger partial charge in [0.15, 0.2) is 10.2 Å². The largest absolute Gasteiger partial charge is 0.370 e. The molecule has 106 valence electrons. The van der Waals surface area contributed by atoms with Crippen LogP contribution in [0.1, 0.15) is 12.7 Å². The maximum Gasteiger partial charge on any atom is 0.301 e. The summed E-state index contributed by atoms with van der Waals surface area (Å²) in [5.74, 6) is 1.33. The Hall–Kier alpha value is -2.16. The Bertz CT molecular complexity index is 642. The average molecular weight is 294 g/mol. The average Bonchev–Trinajstić information content (AvgIpc) is 2.71. The maximum atomic E-state index is 11.1. The second-order valence-electron chi connectivity index (χ2n) is 4.00. The van der Waals surface area contributed by atoms with Crippen molar-refractivity contribution in [3.63, 3.8) is 0 Å². The summed E-state index contributed by atoms with van der Waals surface area (Å²) < 4.78 is 1.76. The van der Waals surface area contributed by atoms with E-state index in [9.17, 15) is 10.1 Å². The number of nitro groups is 1. The van der Waals surface area contributed by atoms with Gasteiger partial charge in [-0.25, -0.2) is 4.98 Å². The van der Waals surface area contributed by atoms with Crippen LogP contribution < -0.4 is 5.32 Å². The van der Waals surface area contributed by atoms with Crippen LogP contribution in [-0.2, 0) is 7.05 Å². The lowest BCUT2D eigenvalue weighted by atomic mass is 10.4. The van der Waals surface area contributed by atoms with Crippen molar-refractivity contribution in [3.05, 3.63) is 28.1 Å². The molecule has 0 fully saturated rings. The van der Waals surface area contributed by atoms with E-state index in [0.717, 1.165) is 17.6 Å². The van der Waals surface area contributed by atoms with Crippen LogP contribution in [0.3, 0.4) is 0 Å². The van der Waals surface area contributed by atoms with Gasteiger partial charge in [-0.3, -0.25) is 10.1 Å². The van der Waals surface area contributed by atoms with E-state index >= 15 is 0 Å². The molecule has 2 aromatic heterocycles. The van der Waals surface area contributed by atoms with E-state index in [0.29, 0.717) is 22.5 Å². The van der Waals surface area contributed by atoms with E-state index < -0.39 is 4.92 Å². The van der Waals surface area contributed by atoms with Crippen molar-refractivity contribution in [3.8, 4) is 0 Å². The third-order valence-electron chi connectivity index (χ3n) is 2.64. The molecule has 0 aliphatic heterocycles. The van der Waals surface area contributed by atoms with Gasteiger partial charge in [-0.05, 0) is 31.7 Å². The number of hydrogen-bond acceptors (Lipinski definition) is 7. The number of nitrogens with one attached hydrogen (secondary N) is 1. The summed E-state index contributed by atoms with van der Waals surface area (Å²) in [7, 11) is 1.80. The van der Waals surface area contributed by atoms with Crippen LogP contribution in [0.2, 0.25) is 0 Å². The minimum Gasteiger partial charge on any atom is -0.370 e. The van der Waals surface area contributed by atoms with Gasteiger partial charge in [-0.2, -0.15) is 0 Å². The Morgan fingerprint density at radius 3 is 2.75 bits per heavy atom. The fourth-order valence-corrected chi connectivity index (χ4v) is 2.40. The van der Waals surface area contributed by atoms with Gasteiger partial charge in [0, 0.05) is 19.7 Å². The number of pyridine rings is 1. The highest BCUT2D eigenvalue weighted by Gasteiger charge is 2.19. The molecular weight excluding hydrogens is 280 g/mol. The summed E-state index contributed by atoms with van der Waals surface area (Å²) >= 11 is 1.13. The molecule has 0 saturated carbocycles. The van der Waals surface area contributed by atoms with Crippen molar-refractivity contribution in [1.29, 1.82) is 0 Å². The first-order valence-electron chi connectivity index (χ1n) is 5.96. The topological polar surface area (TPSA) is 98.8 Å². The van der Waals surface area contributed by atoms with Crippen molar-refractivity contribution in [1.82, 2.24) is 19.7 Å². The Morgan fingerprint density at radius 1 is 1.45 bits per heavy atom. The molecule has 1 N–H and O–H groups in total. The molecular formula is C11H14N6O2S. The highest BCUT2D eigenvalue weighted by Crippen LogP contribution is 2.33. The van der Waals surface area contributed by atoms with E-state index in [2.05, 4.69) is 20.5 Å². The normalized spacial score (nSPS) is 10.6. The lowest BCUT2D eigenvalue weighted by Gasteiger charge is -2.06. The van der Waals surface area contributed by atoms with E-state index in [1.807, 2.05) is 13.8 Å². The van der Waals surface area contributed by atoms with Gasteiger partial charge in [0.1, 0.15) is 11.6 Å². The summed E-state index contributed by atoms with van der Waals surface area (Å²) in [6, 6.07) is 3.03. The van der Waals surface area contributed by atoms with E-state index in [-0.39, 0.29) is 5.69 Å². The van der Waals surface area contributed by atoms with Gasteiger partial charge in [-0.1, -0.05) is 0 Å². The molecule has 8 nitrogen and oxygen atoms in total. The van der Waals surface area contributed by atoms with Crippen LogP contribution in [0.5, 0.6) is 0 Å². The first-order valence-corrected chi connectivity index (χ1v) is 6.77. The fourth-order valence-electron chi connectivity index (χ4n) is 1.49. The molecule has 9 heteroatoms. The number of aromatic nitrogens is 4. The van der Waals surface area contributed by atoms with E-state index in [1.165, 1.54) is 6.07 Å². The van der Waals surface area contributed by atoms with Crippen molar-refractivity contribution >= 4 is 23.3 Å². The maximum absolute atomic E-state index is 11.1. The van der Waals surface area contributed by atoms with Crippen molar-refractivity contribution in [2.45, 2.75) is 24.0 Å². The zero-order valence-corrected chi connectivity index (χ0v) is 12.1. The minimum atomic E-state index is -0.450. The molecule has 0 spiro atoms. The second-order valence-corrected chi connectivity index (χ2v) is 4.96. The van der Waals surface area contributed by atoms with Crippen LogP contribution in [0.25, 0.3) is 0 Å². The van der Waals surface area contributed by atoms with Crippen LogP contribution in [-0.4, -0.2) is 31.2 Å². The molecule has 20 heavy (non-hydrogen) atoms. The molecule has 2 heterocycles. The van der Waals surface area contributed by atoms with Gasteiger partial charge in [-0.15, -0.1) is 10.2 Å². The smallest absolute Gasteiger partial charge is 0.301 e. The van der Waals surface area contributed by atoms with Crippen LogP contribution in [0.15, 0.2) is 22.3 Å². The molecule has 0 aliphatic carbocycles. The Balaban J connectivity index is 2.39. The molecule has 0 unspecified atom stereocenters. The summed E-state index contributed by atoms with van der Waals surface area (Å²) in [4.78, 5) is 14.9. The Labute approximate surface area is 119 Å². The summed E-state index contributed by atoms with van der Waals surface area (Å²) in [5.41, 5.74) is -0.0442. The lowest BCUT2D eigenvalue weighted by molar-refractivity contribution is -0.388. The van der Waals surface area contributed by atoms with Crippen LogP contribution >= 0.6 is 11.8 Å². The van der Waals surface area contributed by atoms with Crippen LogP contribution in [0.4, 0.5) is 11.5 Å². The molecule has 2 rings (SSSR count). The summed E-state index contributed by atoms with van der Waals surface area (Å²) in [6.45, 7) is 4.44. The van der Waals surface area contributed by atoms with Gasteiger partial charge in [0.25, 0.3) is 0 Å². The lowest BCUT2D eigenvalue weighted by Crippen LogP contribution is -2.02. The molecule has 0 bridgehead atoms. The number of anilines is 1. The molecule has 0 atom stereocenters. The molecule has 0 amide bonds. The Morgan fingerprint density at radius 2 is 2.20 bits per heavy atom. The third kappa shape index (κ3) is 2.87. The van der Waals surface area contributed by atoms with Crippen LogP contribution in [0, 0.1) is 17.0 Å². The molecule has 0 radical (unpaired) electrons. The predicted octanol–water partition coefficient (Wildman–Crippen LogP) is 2.01. The van der Waals surface area contributed by atoms with Crippen molar-refractivity contribution in [2.75, 3.05) is 11.9 Å². The highest BCUT2D eigenvalue weighted by atomic mass is 32.2. The SMILES string of the molecule is CCNc1ccc([N+](=O)[O-])c(Sc2nnc(C)n2C)n1. The van der Waals surface area contributed by atoms with Gasteiger partial charge in [0.2, 0.25) is 0 Å². The van der Waals surface area contributed by atoms with Crippen molar-refractivity contribution < 1.29 is 4.92 Å². The highest BCUT2D eigenvalue weighted by molar-refractivity contribution is 7.99. The molecule has 0 aliphatic rings. The number of nitrogens with zero attached hydrogens (tertiary/aromatic N) is 5. The quantitative estimate of drug-likeness (QED) is 0.665. The van der Waals surface area contributed by atoms with Crippen molar-refractivity contribution in [2.24, 2.45) is 7.05 Å². The van der Waals surface area contributed by atoms with E-state index in [1.54, 1.807) is 17.7 Å². The molecule has 2 aromatic rings. The fraction of sp³-hybridized carbons (Fsp3) is 0.364. The molecule has 0 aromatic carbocycles. The standard InChI is InChI=1S/C11H14N6O2S/c1-4-12-9-6-5-8(17(18)19)10(13-9)20-11-15-14-7(2)16(11)3/h5-6H,4H2,1-3H3,(H,12,13). The van der Waals surface area contributed by atoms with E-state index in [4.69, 9.17) is 0 Å². The Kier molecular flexibility index (Phi) is 4.18. The third-order valence-corrected chi connectivity index (χ3v) is 3.67. The number of aryl methyl sites for hydroxylation is 1. The number of rotatable bonds is 5. The zero-order chi connectivity index (χ0) is 14.7. The second kappa shape index (κ2) is 5.87. The number of hydrogen-bond donors (Lipinski definition) is 1. The molecule has 0 saturated heterocycles. The predicted molar refractivity (Wildman–Crippen MR) is 74.9 cm³/mol. The summed E-state index contributed by atoms with van der Waals surface area (Å²) in [6.07, 6.45) is 0. The first kappa shape index (κ1) is 14.3. The summed E-state index contributed by atoms with van der Waals surface area (Å²) in [5, 5.41) is 22.9. The first-order chi connectivity index (χ1) is 9.52. The van der Waals surface area contributed by atoms with Gasteiger partial charge in [0.05, 0.1) is 4.92 Å². The van der Waals surface area contributed by atoms with Gasteiger partial charge >= 0.3 is 5.69 Å². The van der Waals surface area contributed by atoms with Gasteiger partial charge < -0.3 is 9.88 Å². The minimum absolute atomic E-state index is 0.0442.